The smallest absolute Gasteiger partial charge is 0.408 e. The zero-order valence-corrected chi connectivity index (χ0v) is 22.1. The number of ether oxygens (including phenoxy) is 1. The number of aromatic amines is 1. The van der Waals surface area contributed by atoms with Crippen LogP contribution in [-0.4, -0.2) is 74.9 Å². The lowest BCUT2D eigenvalue weighted by Gasteiger charge is -2.37. The summed E-state index contributed by atoms with van der Waals surface area (Å²) >= 11 is 9.45. The third kappa shape index (κ3) is 6.21. The van der Waals surface area contributed by atoms with Crippen LogP contribution in [0.2, 0.25) is 5.02 Å². The number of alkyl carbamates (subject to hydrolysis) is 1. The quantitative estimate of drug-likeness (QED) is 0.487. The molecular formula is C23H27BrClN7O3. The fourth-order valence-corrected chi connectivity index (χ4v) is 4.49. The molecule has 1 aliphatic rings. The first kappa shape index (κ1) is 25.2. The van der Waals surface area contributed by atoms with Crippen LogP contribution in [0.5, 0.6) is 0 Å². The second kappa shape index (κ2) is 10.4. The highest BCUT2D eigenvalue weighted by atomic mass is 79.9. The number of hydrogen-bond donors (Lipinski definition) is 2. The van der Waals surface area contributed by atoms with Gasteiger partial charge >= 0.3 is 6.09 Å². The maximum Gasteiger partial charge on any atom is 0.408 e. The molecule has 3 aromatic rings. The Balaban J connectivity index is 1.47. The molecule has 0 radical (unpaired) electrons. The third-order valence-corrected chi connectivity index (χ3v) is 6.35. The predicted octanol–water partition coefficient (Wildman–Crippen LogP) is 3.55. The summed E-state index contributed by atoms with van der Waals surface area (Å²) in [6.07, 6.45) is 1.19. The highest BCUT2D eigenvalue weighted by molar-refractivity contribution is 9.10. The van der Waals surface area contributed by atoms with E-state index < -0.39 is 17.7 Å². The molecule has 3 heterocycles. The van der Waals surface area contributed by atoms with Gasteiger partial charge in [-0.25, -0.2) is 14.8 Å². The second-order valence-corrected chi connectivity index (χ2v) is 10.5. The summed E-state index contributed by atoms with van der Waals surface area (Å²) in [5.41, 5.74) is 0.856. The zero-order chi connectivity index (χ0) is 25.2. The van der Waals surface area contributed by atoms with Crippen LogP contribution in [-0.2, 0) is 16.0 Å². The largest absolute Gasteiger partial charge is 0.444 e. The van der Waals surface area contributed by atoms with Crippen molar-refractivity contribution in [1.82, 2.24) is 30.4 Å². The second-order valence-electron chi connectivity index (χ2n) is 9.28. The number of nitrogens with one attached hydrogen (secondary N) is 2. The number of piperazine rings is 1. The standard InChI is InChI=1S/C23H27BrClN7O3/c1-23(2,3)35-22(34)28-16(12-14-4-6-15(25)7-5-14)21(33)32-10-8-31(9-11-32)20-17-18(24)29-30-19(17)26-13-27-20/h4-7,13,16H,8-12H2,1-3H3,(H,28,34)(H,26,27,29,30)/t16-/m1/s1. The van der Waals surface area contributed by atoms with Crippen LogP contribution < -0.4 is 10.2 Å². The average Bonchev–Trinajstić information content (AvgIpc) is 3.19. The van der Waals surface area contributed by atoms with Crippen LogP contribution >= 0.6 is 27.5 Å². The normalized spacial score (nSPS) is 15.2. The SMILES string of the molecule is CC(C)(C)OC(=O)N[C@H](Cc1ccc(Cl)cc1)C(=O)N1CCN(c2ncnc3[nH]nc(Br)c23)CC1. The Morgan fingerprint density at radius 1 is 1.17 bits per heavy atom. The van der Waals surface area contributed by atoms with E-state index in [1.807, 2.05) is 12.1 Å². The number of benzene rings is 1. The minimum absolute atomic E-state index is 0.164. The van der Waals surface area contributed by atoms with Crippen molar-refractivity contribution in [2.45, 2.75) is 38.8 Å². The van der Waals surface area contributed by atoms with Gasteiger partial charge < -0.3 is 19.9 Å². The van der Waals surface area contributed by atoms with Crippen LogP contribution in [0.3, 0.4) is 0 Å². The summed E-state index contributed by atoms with van der Waals surface area (Å²) in [4.78, 5) is 38.5. The van der Waals surface area contributed by atoms with Crippen molar-refractivity contribution >= 4 is 56.4 Å². The first-order chi connectivity index (χ1) is 16.6. The number of carbonyl (C=O) groups excluding carboxylic acids is 2. The molecule has 12 heteroatoms. The average molecular weight is 565 g/mol. The van der Waals surface area contributed by atoms with Gasteiger partial charge in [0.25, 0.3) is 0 Å². The molecule has 1 atom stereocenters. The van der Waals surface area contributed by atoms with E-state index in [0.29, 0.717) is 47.9 Å². The number of hydrogen-bond acceptors (Lipinski definition) is 7. The van der Waals surface area contributed by atoms with E-state index in [0.717, 1.165) is 16.8 Å². The number of halogens is 2. The first-order valence-electron chi connectivity index (χ1n) is 11.2. The Bertz CT molecular complexity index is 1200. The van der Waals surface area contributed by atoms with Crippen molar-refractivity contribution in [3.8, 4) is 0 Å². The van der Waals surface area contributed by atoms with E-state index in [1.165, 1.54) is 6.33 Å². The number of nitrogens with zero attached hydrogens (tertiary/aromatic N) is 5. The molecule has 0 spiro atoms. The van der Waals surface area contributed by atoms with Gasteiger partial charge in [0, 0.05) is 37.6 Å². The van der Waals surface area contributed by atoms with Crippen LogP contribution in [0.25, 0.3) is 11.0 Å². The summed E-state index contributed by atoms with van der Waals surface area (Å²) in [6, 6.07) is 6.45. The molecule has 10 nitrogen and oxygen atoms in total. The summed E-state index contributed by atoms with van der Waals surface area (Å²) in [7, 11) is 0. The minimum atomic E-state index is -0.772. The molecule has 186 valence electrons. The maximum atomic E-state index is 13.5. The van der Waals surface area contributed by atoms with Gasteiger partial charge in [0.05, 0.1) is 5.39 Å². The molecule has 1 aromatic carbocycles. The fraction of sp³-hybridized carbons (Fsp3) is 0.435. The van der Waals surface area contributed by atoms with Gasteiger partial charge in [-0.3, -0.25) is 9.89 Å². The van der Waals surface area contributed by atoms with Gasteiger partial charge in [0.1, 0.15) is 28.4 Å². The number of aromatic nitrogens is 4. The molecule has 0 aliphatic carbocycles. The zero-order valence-electron chi connectivity index (χ0n) is 19.7. The van der Waals surface area contributed by atoms with Gasteiger partial charge in [0.2, 0.25) is 5.91 Å². The lowest BCUT2D eigenvalue weighted by molar-refractivity contribution is -0.133. The van der Waals surface area contributed by atoms with Crippen molar-refractivity contribution in [2.24, 2.45) is 0 Å². The Labute approximate surface area is 216 Å². The molecule has 0 unspecified atom stereocenters. The van der Waals surface area contributed by atoms with Gasteiger partial charge in [-0.1, -0.05) is 23.7 Å². The molecule has 1 saturated heterocycles. The summed E-state index contributed by atoms with van der Waals surface area (Å²) in [5, 5.41) is 11.2. The molecule has 2 aromatic heterocycles. The number of amides is 2. The molecule has 0 saturated carbocycles. The van der Waals surface area contributed by atoms with Gasteiger partial charge in [-0.2, -0.15) is 5.10 Å². The van der Waals surface area contributed by atoms with Crippen LogP contribution in [0, 0.1) is 0 Å². The summed E-state index contributed by atoms with van der Waals surface area (Å²) in [5.74, 6) is 0.593. The first-order valence-corrected chi connectivity index (χ1v) is 12.4. The lowest BCUT2D eigenvalue weighted by atomic mass is 10.0. The number of H-pyrrole nitrogens is 1. The molecular weight excluding hydrogens is 538 g/mol. The molecule has 1 aliphatic heterocycles. The van der Waals surface area contributed by atoms with Crippen molar-refractivity contribution in [1.29, 1.82) is 0 Å². The number of fused-ring (bicyclic) bond motifs is 1. The minimum Gasteiger partial charge on any atom is -0.444 e. The number of rotatable bonds is 5. The van der Waals surface area contributed by atoms with Crippen LogP contribution in [0.1, 0.15) is 26.3 Å². The van der Waals surface area contributed by atoms with Crippen molar-refractivity contribution in [2.75, 3.05) is 31.1 Å². The van der Waals surface area contributed by atoms with E-state index in [1.54, 1.807) is 37.8 Å². The molecule has 0 bridgehead atoms. The van der Waals surface area contributed by atoms with Crippen LogP contribution in [0.15, 0.2) is 35.2 Å². The summed E-state index contributed by atoms with van der Waals surface area (Å²) in [6.45, 7) is 7.46. The maximum absolute atomic E-state index is 13.5. The van der Waals surface area contributed by atoms with Crippen molar-refractivity contribution in [3.05, 3.63) is 45.8 Å². The Kier molecular flexibility index (Phi) is 7.46. The highest BCUT2D eigenvalue weighted by Gasteiger charge is 2.31. The van der Waals surface area contributed by atoms with Gasteiger partial charge in [-0.05, 0) is 54.4 Å². The highest BCUT2D eigenvalue weighted by Crippen LogP contribution is 2.28. The number of anilines is 1. The van der Waals surface area contributed by atoms with Gasteiger partial charge in [0.15, 0.2) is 5.65 Å². The monoisotopic (exact) mass is 563 g/mol. The summed E-state index contributed by atoms with van der Waals surface area (Å²) < 4.78 is 6.05. The van der Waals surface area contributed by atoms with Crippen LogP contribution in [0.4, 0.5) is 10.6 Å². The fourth-order valence-electron chi connectivity index (χ4n) is 3.91. The number of carbonyl (C=O) groups is 2. The molecule has 35 heavy (non-hydrogen) atoms. The third-order valence-electron chi connectivity index (χ3n) is 5.53. The van der Waals surface area contributed by atoms with Gasteiger partial charge in [-0.15, -0.1) is 0 Å². The Morgan fingerprint density at radius 2 is 1.86 bits per heavy atom. The Hall–Kier alpha value is -2.92. The van der Waals surface area contributed by atoms with E-state index in [2.05, 4.69) is 46.3 Å². The lowest BCUT2D eigenvalue weighted by Crippen LogP contribution is -2.56. The van der Waals surface area contributed by atoms with Crippen molar-refractivity contribution < 1.29 is 14.3 Å². The molecule has 1 fully saturated rings. The van der Waals surface area contributed by atoms with E-state index >= 15 is 0 Å². The molecule has 2 amide bonds. The Morgan fingerprint density at radius 3 is 2.51 bits per heavy atom. The predicted molar refractivity (Wildman–Crippen MR) is 136 cm³/mol. The van der Waals surface area contributed by atoms with E-state index in [4.69, 9.17) is 16.3 Å². The molecule has 4 rings (SSSR count). The van der Waals surface area contributed by atoms with E-state index in [9.17, 15) is 9.59 Å². The molecule has 2 N–H and O–H groups in total. The van der Waals surface area contributed by atoms with E-state index in [-0.39, 0.29) is 5.91 Å². The van der Waals surface area contributed by atoms with Crippen molar-refractivity contribution in [3.63, 3.8) is 0 Å². The topological polar surface area (TPSA) is 116 Å².